The van der Waals surface area contributed by atoms with E-state index in [-0.39, 0.29) is 5.91 Å². The van der Waals surface area contributed by atoms with E-state index in [1.165, 1.54) is 38.5 Å². The zero-order valence-corrected chi connectivity index (χ0v) is 11.7. The number of rotatable bonds is 5. The van der Waals surface area contributed by atoms with Gasteiger partial charge in [-0.15, -0.1) is 0 Å². The number of anilines is 1. The van der Waals surface area contributed by atoms with Gasteiger partial charge in [-0.2, -0.15) is 5.10 Å². The van der Waals surface area contributed by atoms with Gasteiger partial charge in [0.1, 0.15) is 5.82 Å². The van der Waals surface area contributed by atoms with Crippen molar-refractivity contribution in [3.63, 3.8) is 0 Å². The maximum Gasteiger partial charge on any atom is 0.225 e. The molecule has 0 bridgehead atoms. The Balaban J connectivity index is 1.56. The smallest absolute Gasteiger partial charge is 0.225 e. The fourth-order valence-corrected chi connectivity index (χ4v) is 2.94. The van der Waals surface area contributed by atoms with Crippen LogP contribution in [0.15, 0.2) is 12.3 Å². The second kappa shape index (κ2) is 4.99. The number of nitrogens with zero attached hydrogens (tertiary/aromatic N) is 2. The lowest BCUT2D eigenvalue weighted by molar-refractivity contribution is -0.116. The summed E-state index contributed by atoms with van der Waals surface area (Å²) in [4.78, 5) is 12.0. The minimum absolute atomic E-state index is 0.132. The van der Waals surface area contributed by atoms with Crippen molar-refractivity contribution in [2.75, 3.05) is 5.32 Å². The Morgan fingerprint density at radius 2 is 2.21 bits per heavy atom. The van der Waals surface area contributed by atoms with Crippen LogP contribution in [0.5, 0.6) is 0 Å². The van der Waals surface area contributed by atoms with Gasteiger partial charge in [-0.25, -0.2) is 4.68 Å². The zero-order valence-electron chi connectivity index (χ0n) is 11.7. The van der Waals surface area contributed by atoms with Gasteiger partial charge >= 0.3 is 0 Å². The molecule has 0 spiro atoms. The van der Waals surface area contributed by atoms with E-state index in [4.69, 9.17) is 0 Å². The number of amides is 1. The molecule has 2 aliphatic carbocycles. The van der Waals surface area contributed by atoms with Crippen molar-refractivity contribution in [2.24, 2.45) is 5.41 Å². The molecule has 2 saturated carbocycles. The third-order valence-corrected chi connectivity index (χ3v) is 4.67. The Kier molecular flexibility index (Phi) is 3.33. The molecule has 0 radical (unpaired) electrons. The molecule has 0 aromatic carbocycles. The number of hydrogen-bond donors (Lipinski definition) is 1. The molecule has 2 aliphatic rings. The van der Waals surface area contributed by atoms with Crippen molar-refractivity contribution in [3.05, 3.63) is 12.3 Å². The summed E-state index contributed by atoms with van der Waals surface area (Å²) >= 11 is 0. The maximum absolute atomic E-state index is 12.0. The number of hydrogen-bond acceptors (Lipinski definition) is 2. The first-order valence-electron chi connectivity index (χ1n) is 7.50. The lowest BCUT2D eigenvalue weighted by atomic mass is 10.0. The van der Waals surface area contributed by atoms with Gasteiger partial charge in [-0.05, 0) is 37.5 Å². The summed E-state index contributed by atoms with van der Waals surface area (Å²) in [6.07, 6.45) is 10.9. The van der Waals surface area contributed by atoms with Gasteiger partial charge in [0, 0.05) is 12.5 Å². The van der Waals surface area contributed by atoms with Gasteiger partial charge in [0.25, 0.3) is 0 Å². The van der Waals surface area contributed by atoms with Crippen LogP contribution in [0, 0.1) is 5.41 Å². The second-order valence-electron chi connectivity index (χ2n) is 6.46. The molecule has 0 aliphatic heterocycles. The van der Waals surface area contributed by atoms with Crippen LogP contribution in [0.2, 0.25) is 0 Å². The number of nitrogens with one attached hydrogen (secondary N) is 1. The molecular formula is C15H23N3O. The molecule has 4 heteroatoms. The molecule has 1 amide bonds. The Morgan fingerprint density at radius 3 is 2.89 bits per heavy atom. The molecule has 1 aromatic heterocycles. The van der Waals surface area contributed by atoms with Crippen LogP contribution in [0.25, 0.3) is 0 Å². The Bertz CT molecular complexity index is 456. The van der Waals surface area contributed by atoms with Crippen molar-refractivity contribution in [1.82, 2.24) is 9.78 Å². The Hall–Kier alpha value is -1.32. The Morgan fingerprint density at radius 1 is 1.47 bits per heavy atom. The predicted octanol–water partition coefficient (Wildman–Crippen LogP) is 3.52. The zero-order chi connectivity index (χ0) is 13.3. The first-order chi connectivity index (χ1) is 9.16. The summed E-state index contributed by atoms with van der Waals surface area (Å²) in [7, 11) is 0. The molecule has 2 fully saturated rings. The highest BCUT2D eigenvalue weighted by molar-refractivity contribution is 5.89. The molecule has 1 aromatic rings. The van der Waals surface area contributed by atoms with Crippen LogP contribution in [-0.4, -0.2) is 15.7 Å². The van der Waals surface area contributed by atoms with Crippen LogP contribution in [0.3, 0.4) is 0 Å². The largest absolute Gasteiger partial charge is 0.311 e. The van der Waals surface area contributed by atoms with E-state index in [0.717, 1.165) is 12.2 Å². The molecule has 4 nitrogen and oxygen atoms in total. The average Bonchev–Trinajstić information content (AvgIpc) is 2.86. The molecule has 104 valence electrons. The molecular weight excluding hydrogens is 238 g/mol. The first-order valence-corrected chi connectivity index (χ1v) is 7.50. The topological polar surface area (TPSA) is 46.9 Å². The molecule has 19 heavy (non-hydrogen) atoms. The SMILES string of the molecule is CC1(CCC(=O)Nc2ccnn2C2CCCC2)CC1. The molecule has 1 heterocycles. The summed E-state index contributed by atoms with van der Waals surface area (Å²) in [5, 5.41) is 7.40. The highest BCUT2D eigenvalue weighted by Gasteiger charge is 2.37. The summed E-state index contributed by atoms with van der Waals surface area (Å²) in [6.45, 7) is 2.27. The quantitative estimate of drug-likeness (QED) is 0.881. The van der Waals surface area contributed by atoms with E-state index in [1.54, 1.807) is 6.20 Å². The van der Waals surface area contributed by atoms with Gasteiger partial charge in [0.15, 0.2) is 0 Å². The van der Waals surface area contributed by atoms with E-state index in [1.807, 2.05) is 10.7 Å². The van der Waals surface area contributed by atoms with Crippen molar-refractivity contribution in [2.45, 2.75) is 64.3 Å². The monoisotopic (exact) mass is 261 g/mol. The normalized spacial score (nSPS) is 21.5. The Labute approximate surface area is 114 Å². The van der Waals surface area contributed by atoms with Crippen LogP contribution >= 0.6 is 0 Å². The number of aromatic nitrogens is 2. The molecule has 0 saturated heterocycles. The van der Waals surface area contributed by atoms with Gasteiger partial charge < -0.3 is 5.32 Å². The van der Waals surface area contributed by atoms with Crippen molar-refractivity contribution < 1.29 is 4.79 Å². The minimum atomic E-state index is 0.132. The molecule has 0 atom stereocenters. The van der Waals surface area contributed by atoms with Crippen molar-refractivity contribution >= 4 is 11.7 Å². The number of carbonyl (C=O) groups excluding carboxylic acids is 1. The second-order valence-corrected chi connectivity index (χ2v) is 6.46. The van der Waals surface area contributed by atoms with Gasteiger partial charge in [-0.3, -0.25) is 4.79 Å². The lowest BCUT2D eigenvalue weighted by Gasteiger charge is -2.15. The summed E-state index contributed by atoms with van der Waals surface area (Å²) in [5.74, 6) is 1.01. The van der Waals surface area contributed by atoms with Crippen LogP contribution in [-0.2, 0) is 4.79 Å². The van der Waals surface area contributed by atoms with E-state index < -0.39 is 0 Å². The minimum Gasteiger partial charge on any atom is -0.311 e. The molecule has 3 rings (SSSR count). The van der Waals surface area contributed by atoms with E-state index >= 15 is 0 Å². The van der Waals surface area contributed by atoms with Gasteiger partial charge in [0.2, 0.25) is 5.91 Å². The molecule has 1 N–H and O–H groups in total. The van der Waals surface area contributed by atoms with Crippen LogP contribution in [0.4, 0.5) is 5.82 Å². The summed E-state index contributed by atoms with van der Waals surface area (Å²) < 4.78 is 2.00. The summed E-state index contributed by atoms with van der Waals surface area (Å²) in [6, 6.07) is 2.39. The van der Waals surface area contributed by atoms with Gasteiger partial charge in [-0.1, -0.05) is 19.8 Å². The number of carbonyl (C=O) groups is 1. The third kappa shape index (κ3) is 2.99. The van der Waals surface area contributed by atoms with E-state index in [2.05, 4.69) is 17.3 Å². The maximum atomic E-state index is 12.0. The highest BCUT2D eigenvalue weighted by atomic mass is 16.1. The lowest BCUT2D eigenvalue weighted by Crippen LogP contribution is -2.18. The van der Waals surface area contributed by atoms with Crippen LogP contribution < -0.4 is 5.32 Å². The average molecular weight is 261 g/mol. The van der Waals surface area contributed by atoms with Gasteiger partial charge in [0.05, 0.1) is 12.2 Å². The van der Waals surface area contributed by atoms with Crippen LogP contribution in [0.1, 0.15) is 64.3 Å². The predicted molar refractivity (Wildman–Crippen MR) is 74.9 cm³/mol. The van der Waals surface area contributed by atoms with E-state index in [9.17, 15) is 4.79 Å². The van der Waals surface area contributed by atoms with E-state index in [0.29, 0.717) is 17.9 Å². The standard InChI is InChI=1S/C15H23N3O/c1-15(9-10-15)8-6-14(19)17-13-7-11-16-18(13)12-4-2-3-5-12/h7,11-12H,2-6,8-10H2,1H3,(H,17,19). The van der Waals surface area contributed by atoms with Crippen molar-refractivity contribution in [1.29, 1.82) is 0 Å². The summed E-state index contributed by atoms with van der Waals surface area (Å²) in [5.41, 5.74) is 0.447. The molecule has 0 unspecified atom stereocenters. The third-order valence-electron chi connectivity index (χ3n) is 4.67. The fraction of sp³-hybridized carbons (Fsp3) is 0.733. The van der Waals surface area contributed by atoms with Crippen molar-refractivity contribution in [3.8, 4) is 0 Å². The highest BCUT2D eigenvalue weighted by Crippen LogP contribution is 2.48. The fourth-order valence-electron chi connectivity index (χ4n) is 2.94. The first kappa shape index (κ1) is 12.7.